The molecular formula is C9H13NO2. The van der Waals surface area contributed by atoms with E-state index in [9.17, 15) is 5.11 Å². The zero-order chi connectivity index (χ0) is 8.81. The first-order chi connectivity index (χ1) is 5.84. The number of rotatable bonds is 4. The first-order valence-corrected chi connectivity index (χ1v) is 4.04. The van der Waals surface area contributed by atoms with Gasteiger partial charge in [-0.3, -0.25) is 4.98 Å². The van der Waals surface area contributed by atoms with Gasteiger partial charge in [0.2, 0.25) is 0 Å². The van der Waals surface area contributed by atoms with Gasteiger partial charge in [0.05, 0.1) is 0 Å². The molecule has 0 fully saturated rings. The topological polar surface area (TPSA) is 42.4 Å². The van der Waals surface area contributed by atoms with Crippen molar-refractivity contribution in [3.05, 3.63) is 30.1 Å². The van der Waals surface area contributed by atoms with E-state index in [-0.39, 0.29) is 0 Å². The highest BCUT2D eigenvalue weighted by atomic mass is 16.6. The fourth-order valence-electron chi connectivity index (χ4n) is 0.854. The number of pyridine rings is 1. The number of hydrogen-bond acceptors (Lipinski definition) is 3. The average molecular weight is 167 g/mol. The van der Waals surface area contributed by atoms with Crippen LogP contribution in [0.25, 0.3) is 0 Å². The van der Waals surface area contributed by atoms with Gasteiger partial charge >= 0.3 is 0 Å². The van der Waals surface area contributed by atoms with Crippen LogP contribution in [0.5, 0.6) is 0 Å². The van der Waals surface area contributed by atoms with Crippen LogP contribution < -0.4 is 0 Å². The molecule has 12 heavy (non-hydrogen) atoms. The summed E-state index contributed by atoms with van der Waals surface area (Å²) in [4.78, 5) is 3.84. The first kappa shape index (κ1) is 9.16. The second-order valence-corrected chi connectivity index (χ2v) is 2.50. The summed E-state index contributed by atoms with van der Waals surface area (Å²) in [7, 11) is 0. The highest BCUT2D eigenvalue weighted by Crippen LogP contribution is 2.12. The Kier molecular flexibility index (Phi) is 3.70. The van der Waals surface area contributed by atoms with Gasteiger partial charge in [0.1, 0.15) is 0 Å². The summed E-state index contributed by atoms with van der Waals surface area (Å²) >= 11 is 0. The van der Waals surface area contributed by atoms with Crippen LogP contribution >= 0.6 is 0 Å². The summed E-state index contributed by atoms with van der Waals surface area (Å²) in [6, 6.07) is 3.47. The maximum absolute atomic E-state index is 9.40. The Balaban J connectivity index is 2.48. The Morgan fingerprint density at radius 3 is 2.75 bits per heavy atom. The van der Waals surface area contributed by atoms with Gasteiger partial charge in [0.15, 0.2) is 6.29 Å². The summed E-state index contributed by atoms with van der Waals surface area (Å²) in [5, 5.41) is 9.40. The van der Waals surface area contributed by atoms with Gasteiger partial charge in [-0.2, -0.15) is 0 Å². The largest absolute Gasteiger partial charge is 0.364 e. The lowest BCUT2D eigenvalue weighted by Gasteiger charge is -2.10. The third-order valence-corrected chi connectivity index (χ3v) is 1.47. The molecule has 1 unspecified atom stereocenters. The Labute approximate surface area is 72.0 Å². The number of aromatic nitrogens is 1. The summed E-state index contributed by atoms with van der Waals surface area (Å²) in [6.07, 6.45) is 3.36. The molecule has 0 aliphatic rings. The summed E-state index contributed by atoms with van der Waals surface area (Å²) in [5.74, 6) is 0. The maximum atomic E-state index is 9.40. The minimum absolute atomic E-state index is 0.573. The summed E-state index contributed by atoms with van der Waals surface area (Å²) in [5.41, 5.74) is 0.749. The molecule has 66 valence electrons. The van der Waals surface area contributed by atoms with Crippen molar-refractivity contribution in [3.63, 3.8) is 0 Å². The Hall–Kier alpha value is -0.930. The molecule has 3 nitrogen and oxygen atoms in total. The molecule has 0 saturated carbocycles. The monoisotopic (exact) mass is 167 g/mol. The zero-order valence-corrected chi connectivity index (χ0v) is 7.10. The van der Waals surface area contributed by atoms with Gasteiger partial charge in [0, 0.05) is 24.6 Å². The number of nitrogens with zero attached hydrogens (tertiary/aromatic N) is 1. The molecule has 1 aromatic rings. The Bertz CT molecular complexity index is 213. The van der Waals surface area contributed by atoms with Gasteiger partial charge in [-0.1, -0.05) is 6.92 Å². The lowest BCUT2D eigenvalue weighted by atomic mass is 10.2. The van der Waals surface area contributed by atoms with E-state index < -0.39 is 6.29 Å². The van der Waals surface area contributed by atoms with Crippen molar-refractivity contribution in [3.8, 4) is 0 Å². The van der Waals surface area contributed by atoms with Crippen molar-refractivity contribution >= 4 is 0 Å². The molecule has 0 amide bonds. The first-order valence-electron chi connectivity index (χ1n) is 4.04. The molecule has 0 saturated heterocycles. The second kappa shape index (κ2) is 4.85. The number of aliphatic hydroxyl groups is 1. The minimum atomic E-state index is -0.812. The number of ether oxygens (including phenoxy) is 1. The van der Waals surface area contributed by atoms with E-state index in [1.807, 2.05) is 6.92 Å². The minimum Gasteiger partial charge on any atom is -0.364 e. The lowest BCUT2D eigenvalue weighted by molar-refractivity contribution is -0.102. The van der Waals surface area contributed by atoms with Gasteiger partial charge in [0.25, 0.3) is 0 Å². The smallest absolute Gasteiger partial charge is 0.181 e. The second-order valence-electron chi connectivity index (χ2n) is 2.50. The SMILES string of the molecule is CCCOC(O)c1ccncc1. The lowest BCUT2D eigenvalue weighted by Crippen LogP contribution is -2.03. The van der Waals surface area contributed by atoms with Crippen LogP contribution in [-0.4, -0.2) is 16.7 Å². The highest BCUT2D eigenvalue weighted by Gasteiger charge is 2.04. The predicted molar refractivity (Wildman–Crippen MR) is 45.4 cm³/mol. The van der Waals surface area contributed by atoms with Crippen LogP contribution in [0.3, 0.4) is 0 Å². The zero-order valence-electron chi connectivity index (χ0n) is 7.10. The molecule has 0 spiro atoms. The van der Waals surface area contributed by atoms with E-state index in [0.717, 1.165) is 12.0 Å². The molecule has 0 radical (unpaired) electrons. The van der Waals surface area contributed by atoms with Crippen LogP contribution in [0.1, 0.15) is 25.2 Å². The van der Waals surface area contributed by atoms with Crippen LogP contribution in [-0.2, 0) is 4.74 Å². The molecule has 1 heterocycles. The Morgan fingerprint density at radius 1 is 1.50 bits per heavy atom. The van der Waals surface area contributed by atoms with Crippen LogP contribution in [0.2, 0.25) is 0 Å². The van der Waals surface area contributed by atoms with Crippen molar-refractivity contribution in [2.45, 2.75) is 19.6 Å². The molecular weight excluding hydrogens is 154 g/mol. The fraction of sp³-hybridized carbons (Fsp3) is 0.444. The molecule has 0 bridgehead atoms. The number of hydrogen-bond donors (Lipinski definition) is 1. The standard InChI is InChI=1S/C9H13NO2/c1-2-7-12-9(11)8-3-5-10-6-4-8/h3-6,9,11H,2,7H2,1H3. The van der Waals surface area contributed by atoms with E-state index in [1.54, 1.807) is 24.5 Å². The fourth-order valence-corrected chi connectivity index (χ4v) is 0.854. The van der Waals surface area contributed by atoms with Gasteiger partial charge < -0.3 is 9.84 Å². The number of aliphatic hydroxyl groups excluding tert-OH is 1. The quantitative estimate of drug-likeness (QED) is 0.691. The van der Waals surface area contributed by atoms with Crippen LogP contribution in [0.4, 0.5) is 0 Å². The Morgan fingerprint density at radius 2 is 2.17 bits per heavy atom. The molecule has 0 aromatic carbocycles. The van der Waals surface area contributed by atoms with Crippen molar-refractivity contribution in [1.29, 1.82) is 0 Å². The molecule has 0 aliphatic heterocycles. The summed E-state index contributed by atoms with van der Waals surface area (Å²) < 4.78 is 5.10. The van der Waals surface area contributed by atoms with Gasteiger partial charge in [-0.25, -0.2) is 0 Å². The normalized spacial score (nSPS) is 12.8. The highest BCUT2D eigenvalue weighted by molar-refractivity contribution is 5.10. The molecule has 1 atom stereocenters. The average Bonchev–Trinajstić information content (AvgIpc) is 2.15. The van der Waals surface area contributed by atoms with Gasteiger partial charge in [-0.05, 0) is 18.6 Å². The molecule has 0 aliphatic carbocycles. The maximum Gasteiger partial charge on any atom is 0.181 e. The molecule has 1 aromatic heterocycles. The third kappa shape index (κ3) is 2.60. The van der Waals surface area contributed by atoms with E-state index >= 15 is 0 Å². The van der Waals surface area contributed by atoms with E-state index in [2.05, 4.69) is 4.98 Å². The summed E-state index contributed by atoms with van der Waals surface area (Å²) in [6.45, 7) is 2.57. The van der Waals surface area contributed by atoms with Gasteiger partial charge in [-0.15, -0.1) is 0 Å². The van der Waals surface area contributed by atoms with Crippen molar-refractivity contribution in [2.75, 3.05) is 6.61 Å². The van der Waals surface area contributed by atoms with E-state index in [1.165, 1.54) is 0 Å². The van der Waals surface area contributed by atoms with Crippen molar-refractivity contribution < 1.29 is 9.84 Å². The van der Waals surface area contributed by atoms with E-state index in [4.69, 9.17) is 4.74 Å². The van der Waals surface area contributed by atoms with E-state index in [0.29, 0.717) is 6.61 Å². The van der Waals surface area contributed by atoms with Crippen LogP contribution in [0, 0.1) is 0 Å². The van der Waals surface area contributed by atoms with Crippen molar-refractivity contribution in [2.24, 2.45) is 0 Å². The third-order valence-electron chi connectivity index (χ3n) is 1.47. The molecule has 1 N–H and O–H groups in total. The van der Waals surface area contributed by atoms with Crippen LogP contribution in [0.15, 0.2) is 24.5 Å². The van der Waals surface area contributed by atoms with Crippen molar-refractivity contribution in [1.82, 2.24) is 4.98 Å². The predicted octanol–water partition coefficient (Wildman–Crippen LogP) is 1.50. The molecule has 3 heteroatoms. The molecule has 1 rings (SSSR count).